The van der Waals surface area contributed by atoms with E-state index >= 15 is 0 Å². The number of methoxy groups -OCH3 is 1. The number of ether oxygens (including phenoxy) is 1. The molecule has 200 valence electrons. The zero-order valence-corrected chi connectivity index (χ0v) is 23.8. The molecule has 0 radical (unpaired) electrons. The fraction of sp³-hybridized carbons (Fsp3) is 1.00. The average molecular weight is 467 g/mol. The van der Waals surface area contributed by atoms with Gasteiger partial charge in [-0.15, -0.1) is 0 Å². The molecule has 1 nitrogen and oxygen atoms in total. The SMILES string of the molecule is CCCCCCCCCCCCCCCC(CCCCCCCCCCCCCCC)OC. The summed E-state index contributed by atoms with van der Waals surface area (Å²) in [4.78, 5) is 0. The number of hydrogen-bond acceptors (Lipinski definition) is 1. The van der Waals surface area contributed by atoms with E-state index in [1.165, 1.54) is 180 Å². The first-order valence-electron chi connectivity index (χ1n) is 15.9. The Morgan fingerprint density at radius 2 is 0.545 bits per heavy atom. The van der Waals surface area contributed by atoms with Crippen molar-refractivity contribution in [3.63, 3.8) is 0 Å². The molecule has 0 N–H and O–H groups in total. The Morgan fingerprint density at radius 3 is 0.758 bits per heavy atom. The van der Waals surface area contributed by atoms with Gasteiger partial charge in [-0.1, -0.05) is 181 Å². The van der Waals surface area contributed by atoms with Gasteiger partial charge < -0.3 is 4.74 Å². The number of unbranched alkanes of at least 4 members (excludes halogenated alkanes) is 24. The molecule has 0 saturated carbocycles. The van der Waals surface area contributed by atoms with Crippen LogP contribution in [0.15, 0.2) is 0 Å². The van der Waals surface area contributed by atoms with Crippen molar-refractivity contribution >= 4 is 0 Å². The zero-order valence-electron chi connectivity index (χ0n) is 23.8. The molecule has 0 aromatic carbocycles. The first-order chi connectivity index (χ1) is 16.3. The Morgan fingerprint density at radius 1 is 0.333 bits per heavy atom. The molecule has 1 heteroatoms. The summed E-state index contributed by atoms with van der Waals surface area (Å²) in [5.74, 6) is 0. The molecular formula is C32H66O. The van der Waals surface area contributed by atoms with Crippen LogP contribution in [0, 0.1) is 0 Å². The summed E-state index contributed by atoms with van der Waals surface area (Å²) in [5.41, 5.74) is 0. The third kappa shape index (κ3) is 28.1. The lowest BCUT2D eigenvalue weighted by Crippen LogP contribution is -2.10. The van der Waals surface area contributed by atoms with Crippen LogP contribution < -0.4 is 0 Å². The fourth-order valence-electron chi connectivity index (χ4n) is 5.16. The highest BCUT2D eigenvalue weighted by atomic mass is 16.5. The van der Waals surface area contributed by atoms with E-state index in [0.717, 1.165) is 0 Å². The van der Waals surface area contributed by atoms with Crippen molar-refractivity contribution in [2.24, 2.45) is 0 Å². The van der Waals surface area contributed by atoms with Gasteiger partial charge in [-0.25, -0.2) is 0 Å². The Balaban J connectivity index is 3.26. The lowest BCUT2D eigenvalue weighted by atomic mass is 10.0. The molecular weight excluding hydrogens is 400 g/mol. The quantitative estimate of drug-likeness (QED) is 0.0995. The molecule has 0 aromatic heterocycles. The van der Waals surface area contributed by atoms with Crippen molar-refractivity contribution in [2.75, 3.05) is 7.11 Å². The Kier molecular flexibility index (Phi) is 30.0. The summed E-state index contributed by atoms with van der Waals surface area (Å²) in [6.45, 7) is 4.60. The summed E-state index contributed by atoms with van der Waals surface area (Å²) in [7, 11) is 1.93. The van der Waals surface area contributed by atoms with Gasteiger partial charge in [0.25, 0.3) is 0 Å². The van der Waals surface area contributed by atoms with Gasteiger partial charge in [0.05, 0.1) is 6.10 Å². The molecule has 0 aliphatic carbocycles. The minimum absolute atomic E-state index is 0.519. The largest absolute Gasteiger partial charge is 0.381 e. The Labute approximate surface area is 211 Å². The first-order valence-corrected chi connectivity index (χ1v) is 15.9. The maximum absolute atomic E-state index is 5.76. The molecule has 0 rings (SSSR count). The van der Waals surface area contributed by atoms with E-state index in [1.54, 1.807) is 0 Å². The zero-order chi connectivity index (χ0) is 24.1. The monoisotopic (exact) mass is 467 g/mol. The van der Waals surface area contributed by atoms with E-state index < -0.39 is 0 Å². The van der Waals surface area contributed by atoms with Gasteiger partial charge in [0.15, 0.2) is 0 Å². The second-order valence-corrected chi connectivity index (χ2v) is 10.9. The van der Waals surface area contributed by atoms with E-state index in [0.29, 0.717) is 6.10 Å². The van der Waals surface area contributed by atoms with Gasteiger partial charge in [0.1, 0.15) is 0 Å². The van der Waals surface area contributed by atoms with E-state index in [9.17, 15) is 0 Å². The highest BCUT2D eigenvalue weighted by Crippen LogP contribution is 2.18. The van der Waals surface area contributed by atoms with E-state index in [4.69, 9.17) is 4.74 Å². The predicted octanol–water partition coefficient (Wildman–Crippen LogP) is 12.0. The molecule has 0 saturated heterocycles. The molecule has 0 aliphatic heterocycles. The van der Waals surface area contributed by atoms with E-state index in [-0.39, 0.29) is 0 Å². The standard InChI is InChI=1S/C32H66O/c1-4-6-8-10-12-14-16-18-20-22-24-26-28-30-32(33-3)31-29-27-25-23-21-19-17-15-13-11-9-7-5-2/h32H,4-31H2,1-3H3. The van der Waals surface area contributed by atoms with Crippen LogP contribution in [-0.2, 0) is 4.74 Å². The van der Waals surface area contributed by atoms with Gasteiger partial charge in [-0.05, 0) is 12.8 Å². The second kappa shape index (κ2) is 30.0. The highest BCUT2D eigenvalue weighted by Gasteiger charge is 2.06. The number of hydrogen-bond donors (Lipinski definition) is 0. The van der Waals surface area contributed by atoms with Crippen LogP contribution in [0.2, 0.25) is 0 Å². The van der Waals surface area contributed by atoms with Crippen LogP contribution in [0.1, 0.15) is 194 Å². The van der Waals surface area contributed by atoms with Crippen molar-refractivity contribution in [3.05, 3.63) is 0 Å². The van der Waals surface area contributed by atoms with E-state index in [1.807, 2.05) is 7.11 Å². The van der Waals surface area contributed by atoms with E-state index in [2.05, 4.69) is 13.8 Å². The smallest absolute Gasteiger partial charge is 0.0571 e. The van der Waals surface area contributed by atoms with Crippen LogP contribution in [0.3, 0.4) is 0 Å². The summed E-state index contributed by atoms with van der Waals surface area (Å²) in [6.07, 6.45) is 40.5. The first kappa shape index (κ1) is 33.0. The van der Waals surface area contributed by atoms with Crippen molar-refractivity contribution in [1.29, 1.82) is 0 Å². The predicted molar refractivity (Wildman–Crippen MR) is 151 cm³/mol. The summed E-state index contributed by atoms with van der Waals surface area (Å²) < 4.78 is 5.76. The fourth-order valence-corrected chi connectivity index (χ4v) is 5.16. The molecule has 0 aromatic rings. The van der Waals surface area contributed by atoms with Crippen molar-refractivity contribution in [3.8, 4) is 0 Å². The maximum Gasteiger partial charge on any atom is 0.0571 e. The van der Waals surface area contributed by atoms with Crippen molar-refractivity contribution < 1.29 is 4.74 Å². The minimum atomic E-state index is 0.519. The third-order valence-corrected chi connectivity index (χ3v) is 7.59. The van der Waals surface area contributed by atoms with Gasteiger partial charge in [-0.3, -0.25) is 0 Å². The van der Waals surface area contributed by atoms with Gasteiger partial charge in [0, 0.05) is 7.11 Å². The number of rotatable bonds is 29. The lowest BCUT2D eigenvalue weighted by Gasteiger charge is -2.15. The summed E-state index contributed by atoms with van der Waals surface area (Å²) in [5, 5.41) is 0. The van der Waals surface area contributed by atoms with Gasteiger partial charge in [-0.2, -0.15) is 0 Å². The molecule has 0 amide bonds. The Bertz CT molecular complexity index is 296. The third-order valence-electron chi connectivity index (χ3n) is 7.59. The molecule has 0 atom stereocenters. The highest BCUT2D eigenvalue weighted by molar-refractivity contribution is 4.60. The summed E-state index contributed by atoms with van der Waals surface area (Å²) in [6, 6.07) is 0. The lowest BCUT2D eigenvalue weighted by molar-refractivity contribution is 0.0831. The topological polar surface area (TPSA) is 9.23 Å². The molecule has 0 aliphatic rings. The molecule has 0 bridgehead atoms. The van der Waals surface area contributed by atoms with Crippen LogP contribution in [0.5, 0.6) is 0 Å². The summed E-state index contributed by atoms with van der Waals surface area (Å²) >= 11 is 0. The molecule has 0 spiro atoms. The molecule has 0 fully saturated rings. The maximum atomic E-state index is 5.76. The van der Waals surface area contributed by atoms with Crippen molar-refractivity contribution in [2.45, 2.75) is 200 Å². The van der Waals surface area contributed by atoms with Crippen LogP contribution in [-0.4, -0.2) is 13.2 Å². The second-order valence-electron chi connectivity index (χ2n) is 10.9. The molecule has 0 heterocycles. The van der Waals surface area contributed by atoms with Crippen LogP contribution >= 0.6 is 0 Å². The normalized spacial score (nSPS) is 11.6. The molecule has 33 heavy (non-hydrogen) atoms. The van der Waals surface area contributed by atoms with Crippen molar-refractivity contribution in [1.82, 2.24) is 0 Å². The van der Waals surface area contributed by atoms with Gasteiger partial charge in [0.2, 0.25) is 0 Å². The van der Waals surface area contributed by atoms with Crippen LogP contribution in [0.4, 0.5) is 0 Å². The van der Waals surface area contributed by atoms with Gasteiger partial charge >= 0.3 is 0 Å². The average Bonchev–Trinajstić information content (AvgIpc) is 2.83. The Hall–Kier alpha value is -0.0400. The minimum Gasteiger partial charge on any atom is -0.381 e. The molecule has 0 unspecified atom stereocenters. The van der Waals surface area contributed by atoms with Crippen LogP contribution in [0.25, 0.3) is 0 Å².